The third kappa shape index (κ3) is 3.97. The molecule has 0 radical (unpaired) electrons. The average molecular weight is 444 g/mol. The molecule has 1 atom stereocenters. The van der Waals surface area contributed by atoms with Crippen LogP contribution in [0.25, 0.3) is 16.9 Å². The molecule has 1 aliphatic heterocycles. The van der Waals surface area contributed by atoms with Crippen molar-refractivity contribution >= 4 is 29.2 Å². The van der Waals surface area contributed by atoms with Crippen molar-refractivity contribution in [2.75, 3.05) is 20.1 Å². The second-order valence-corrected chi connectivity index (χ2v) is 8.72. The van der Waals surface area contributed by atoms with Gasteiger partial charge in [-0.3, -0.25) is 4.57 Å². The zero-order chi connectivity index (χ0) is 21.4. The van der Waals surface area contributed by atoms with E-state index >= 15 is 0 Å². The lowest BCUT2D eigenvalue weighted by atomic mass is 9.97. The number of hydrogen-bond donors (Lipinski definition) is 1. The lowest BCUT2D eigenvalue weighted by Crippen LogP contribution is -2.32. The molecule has 2 aromatic carbocycles. The predicted octanol–water partition coefficient (Wildman–Crippen LogP) is 5.66. The number of imidazole rings is 1. The van der Waals surface area contributed by atoms with Crippen LogP contribution in [-0.4, -0.2) is 45.7 Å². The molecule has 1 aliphatic rings. The number of benzene rings is 2. The molecule has 3 aromatic rings. The summed E-state index contributed by atoms with van der Waals surface area (Å²) in [6.45, 7) is 3.84. The fourth-order valence-corrected chi connectivity index (χ4v) is 4.56. The van der Waals surface area contributed by atoms with Crippen molar-refractivity contribution < 1.29 is 9.90 Å². The number of aromatic nitrogens is 2. The van der Waals surface area contributed by atoms with Gasteiger partial charge in [-0.05, 0) is 63.2 Å². The number of likely N-dealkylation sites (N-methyl/N-ethyl adjacent to an activating group) is 1. The normalized spacial score (nSPS) is 17.3. The van der Waals surface area contributed by atoms with E-state index in [0.717, 1.165) is 43.0 Å². The highest BCUT2D eigenvalue weighted by Crippen LogP contribution is 2.37. The van der Waals surface area contributed by atoms with Crippen molar-refractivity contribution in [3.8, 4) is 16.9 Å². The molecule has 0 aliphatic carbocycles. The number of likely N-dealkylation sites (tertiary alicyclic amines) is 1. The van der Waals surface area contributed by atoms with Gasteiger partial charge >= 0.3 is 5.97 Å². The molecule has 7 heteroatoms. The molecule has 5 nitrogen and oxygen atoms in total. The van der Waals surface area contributed by atoms with Crippen molar-refractivity contribution in [2.24, 2.45) is 0 Å². The van der Waals surface area contributed by atoms with E-state index in [2.05, 4.69) is 16.9 Å². The fourth-order valence-electron chi connectivity index (χ4n) is 4.21. The van der Waals surface area contributed by atoms with Gasteiger partial charge in [0.25, 0.3) is 0 Å². The Morgan fingerprint density at radius 2 is 1.93 bits per heavy atom. The predicted molar refractivity (Wildman–Crippen MR) is 120 cm³/mol. The van der Waals surface area contributed by atoms with Crippen LogP contribution >= 0.6 is 23.2 Å². The summed E-state index contributed by atoms with van der Waals surface area (Å²) in [5, 5.41) is 11.1. The first-order valence-electron chi connectivity index (χ1n) is 9.92. The van der Waals surface area contributed by atoms with Crippen LogP contribution in [0.3, 0.4) is 0 Å². The number of carboxylic acids is 1. The molecule has 0 spiro atoms. The van der Waals surface area contributed by atoms with Crippen molar-refractivity contribution in [1.82, 2.24) is 14.5 Å². The number of piperidine rings is 1. The molecular weight excluding hydrogens is 421 g/mol. The Bertz CT molecular complexity index is 1110. The molecule has 0 saturated carbocycles. The topological polar surface area (TPSA) is 58.4 Å². The van der Waals surface area contributed by atoms with Crippen LogP contribution < -0.4 is 0 Å². The van der Waals surface area contributed by atoms with Crippen LogP contribution in [0.4, 0.5) is 0 Å². The lowest BCUT2D eigenvalue weighted by molar-refractivity contribution is 0.0691. The lowest BCUT2D eigenvalue weighted by Gasteiger charge is -2.30. The molecular formula is C23H23Cl2N3O2. The number of carboxylic acid groups (broad SMARTS) is 1. The maximum Gasteiger partial charge on any atom is 0.356 e. The van der Waals surface area contributed by atoms with Gasteiger partial charge in [0.2, 0.25) is 0 Å². The maximum atomic E-state index is 12.2. The molecule has 1 N–H and O–H groups in total. The first-order chi connectivity index (χ1) is 14.3. The largest absolute Gasteiger partial charge is 0.476 e. The molecule has 0 amide bonds. The second-order valence-electron chi connectivity index (χ2n) is 7.85. The molecule has 1 unspecified atom stereocenters. The Labute approximate surface area is 185 Å². The number of carbonyl (C=O) groups is 1. The first kappa shape index (κ1) is 20.9. The van der Waals surface area contributed by atoms with Gasteiger partial charge in [-0.2, -0.15) is 0 Å². The van der Waals surface area contributed by atoms with Crippen LogP contribution in [0.5, 0.6) is 0 Å². The summed E-state index contributed by atoms with van der Waals surface area (Å²) in [5.41, 5.74) is 3.09. The minimum Gasteiger partial charge on any atom is -0.476 e. The Balaban J connectivity index is 2.05. The van der Waals surface area contributed by atoms with Crippen molar-refractivity contribution in [1.29, 1.82) is 0 Å². The van der Waals surface area contributed by atoms with E-state index in [4.69, 9.17) is 23.2 Å². The number of rotatable bonds is 4. The van der Waals surface area contributed by atoms with Gasteiger partial charge < -0.3 is 10.0 Å². The number of halogens is 2. The van der Waals surface area contributed by atoms with E-state index in [0.29, 0.717) is 21.3 Å². The van der Waals surface area contributed by atoms with Gasteiger partial charge in [-0.1, -0.05) is 41.4 Å². The Morgan fingerprint density at radius 3 is 2.63 bits per heavy atom. The first-order valence-corrected chi connectivity index (χ1v) is 10.7. The molecule has 1 fully saturated rings. The smallest absolute Gasteiger partial charge is 0.356 e. The minimum atomic E-state index is -1.06. The maximum absolute atomic E-state index is 12.2. The van der Waals surface area contributed by atoms with Gasteiger partial charge in [0.1, 0.15) is 5.82 Å². The van der Waals surface area contributed by atoms with Crippen LogP contribution in [0.15, 0.2) is 42.5 Å². The molecule has 1 saturated heterocycles. The van der Waals surface area contributed by atoms with Crippen LogP contribution in [-0.2, 0) is 0 Å². The Morgan fingerprint density at radius 1 is 1.17 bits per heavy atom. The van der Waals surface area contributed by atoms with E-state index in [1.807, 2.05) is 41.8 Å². The summed E-state index contributed by atoms with van der Waals surface area (Å²) in [5.74, 6) is -0.193. The third-order valence-electron chi connectivity index (χ3n) is 5.61. The van der Waals surface area contributed by atoms with Crippen molar-refractivity contribution in [2.45, 2.75) is 25.7 Å². The van der Waals surface area contributed by atoms with E-state index in [-0.39, 0.29) is 11.6 Å². The molecule has 0 bridgehead atoms. The van der Waals surface area contributed by atoms with E-state index in [9.17, 15) is 9.90 Å². The quantitative estimate of drug-likeness (QED) is 0.564. The van der Waals surface area contributed by atoms with Gasteiger partial charge in [-0.25, -0.2) is 9.78 Å². The number of hydrogen-bond acceptors (Lipinski definition) is 3. The van der Waals surface area contributed by atoms with E-state index < -0.39 is 5.97 Å². The third-order valence-corrected chi connectivity index (χ3v) is 6.08. The minimum absolute atomic E-state index is 0.0277. The second kappa shape index (κ2) is 8.42. The van der Waals surface area contributed by atoms with E-state index in [1.54, 1.807) is 12.1 Å². The fraction of sp³-hybridized carbons (Fsp3) is 0.304. The van der Waals surface area contributed by atoms with Crippen LogP contribution in [0, 0.1) is 6.92 Å². The van der Waals surface area contributed by atoms with Crippen LogP contribution in [0.2, 0.25) is 10.0 Å². The number of aryl methyl sites for hydroxylation is 1. The van der Waals surface area contributed by atoms with E-state index in [1.165, 1.54) is 0 Å². The number of nitrogens with zero attached hydrogens (tertiary/aromatic N) is 3. The monoisotopic (exact) mass is 443 g/mol. The van der Waals surface area contributed by atoms with Gasteiger partial charge in [-0.15, -0.1) is 0 Å². The number of aromatic carboxylic acids is 1. The molecule has 4 rings (SSSR count). The molecule has 2 heterocycles. The van der Waals surface area contributed by atoms with Crippen molar-refractivity contribution in [3.63, 3.8) is 0 Å². The summed E-state index contributed by atoms with van der Waals surface area (Å²) in [6, 6.07) is 12.9. The van der Waals surface area contributed by atoms with Crippen molar-refractivity contribution in [3.05, 3.63) is 69.6 Å². The SMILES string of the molecule is Cc1ccc(Cl)cc1-n1c(C2CCCN(C)C2)nc(C(=O)O)c1-c1cccc(Cl)c1. The Hall–Kier alpha value is -2.34. The van der Waals surface area contributed by atoms with Gasteiger partial charge in [0.05, 0.1) is 11.4 Å². The highest BCUT2D eigenvalue weighted by atomic mass is 35.5. The summed E-state index contributed by atoms with van der Waals surface area (Å²) in [7, 11) is 2.08. The summed E-state index contributed by atoms with van der Waals surface area (Å²) >= 11 is 12.6. The highest BCUT2D eigenvalue weighted by molar-refractivity contribution is 6.31. The summed E-state index contributed by atoms with van der Waals surface area (Å²) in [6.07, 6.45) is 1.99. The van der Waals surface area contributed by atoms with Gasteiger partial charge in [0.15, 0.2) is 5.69 Å². The zero-order valence-electron chi connectivity index (χ0n) is 16.9. The summed E-state index contributed by atoms with van der Waals surface area (Å²) in [4.78, 5) is 19.2. The standard InChI is InChI=1S/C23H23Cl2N3O2/c1-14-8-9-18(25)12-19(14)28-21(15-5-3-7-17(24)11-15)20(23(29)30)26-22(28)16-6-4-10-27(2)13-16/h3,5,7-9,11-12,16H,4,6,10,13H2,1-2H3,(H,29,30). The zero-order valence-corrected chi connectivity index (χ0v) is 18.4. The molecule has 156 valence electrons. The highest BCUT2D eigenvalue weighted by Gasteiger charge is 2.31. The van der Waals surface area contributed by atoms with Gasteiger partial charge in [0, 0.05) is 28.1 Å². The Kier molecular flexibility index (Phi) is 5.87. The summed E-state index contributed by atoms with van der Waals surface area (Å²) < 4.78 is 1.97. The van der Waals surface area contributed by atoms with Crippen LogP contribution in [0.1, 0.15) is 40.6 Å². The molecule has 1 aromatic heterocycles. The average Bonchev–Trinajstić information content (AvgIpc) is 3.10. The molecule has 30 heavy (non-hydrogen) atoms.